The van der Waals surface area contributed by atoms with Gasteiger partial charge in [0.2, 0.25) is 0 Å². The van der Waals surface area contributed by atoms with E-state index >= 15 is 0 Å². The second-order valence-electron chi connectivity index (χ2n) is 6.52. The van der Waals surface area contributed by atoms with Crippen LogP contribution in [-0.2, 0) is 6.61 Å². The lowest BCUT2D eigenvalue weighted by Gasteiger charge is -2.12. The summed E-state index contributed by atoms with van der Waals surface area (Å²) in [6, 6.07) is 17.3. The summed E-state index contributed by atoms with van der Waals surface area (Å²) in [5.74, 6) is 0.801. The van der Waals surface area contributed by atoms with Crippen LogP contribution in [0.1, 0.15) is 38.8 Å². The second kappa shape index (κ2) is 10.3. The quantitative estimate of drug-likeness (QED) is 0.407. The Morgan fingerprint density at radius 2 is 2.00 bits per heavy atom. The minimum atomic E-state index is -0.417. The summed E-state index contributed by atoms with van der Waals surface area (Å²) in [6.07, 6.45) is 1.51. The third-order valence-corrected chi connectivity index (χ3v) is 5.50. The normalized spacial score (nSPS) is 10.6. The fourth-order valence-corrected chi connectivity index (χ4v) is 3.75. The minimum absolute atomic E-state index is 0.321. The lowest BCUT2D eigenvalue weighted by molar-refractivity contribution is 0.0958. The van der Waals surface area contributed by atoms with Crippen molar-refractivity contribution in [3.63, 3.8) is 0 Å². The first kappa shape index (κ1) is 21.9. The van der Waals surface area contributed by atoms with Gasteiger partial charge in [-0.3, -0.25) is 4.79 Å². The van der Waals surface area contributed by atoms with E-state index in [1.165, 1.54) is 6.21 Å². The molecule has 3 rings (SSSR count). The molecule has 31 heavy (non-hydrogen) atoms. The van der Waals surface area contributed by atoms with Crippen LogP contribution in [-0.4, -0.2) is 18.7 Å². The molecule has 3 N–H and O–H groups in total. The van der Waals surface area contributed by atoms with E-state index in [1.807, 2.05) is 49.4 Å². The van der Waals surface area contributed by atoms with E-state index in [2.05, 4.69) is 10.5 Å². The van der Waals surface area contributed by atoms with Gasteiger partial charge in [0, 0.05) is 0 Å². The topological polar surface area (TPSA) is 110 Å². The number of anilines is 1. The number of hydrazone groups is 1. The molecule has 0 radical (unpaired) electrons. The Balaban J connectivity index is 1.68. The van der Waals surface area contributed by atoms with Gasteiger partial charge in [-0.1, -0.05) is 30.3 Å². The van der Waals surface area contributed by atoms with Crippen molar-refractivity contribution < 1.29 is 14.3 Å². The highest BCUT2D eigenvalue weighted by Crippen LogP contribution is 2.30. The maximum absolute atomic E-state index is 12.4. The van der Waals surface area contributed by atoms with Crippen molar-refractivity contribution in [3.05, 3.63) is 75.7 Å². The predicted octanol–water partition coefficient (Wildman–Crippen LogP) is 4.25. The highest BCUT2D eigenvalue weighted by atomic mass is 32.1. The molecule has 0 fully saturated rings. The molecule has 0 atom stereocenters. The van der Waals surface area contributed by atoms with Crippen LogP contribution >= 0.6 is 11.3 Å². The van der Waals surface area contributed by atoms with Crippen molar-refractivity contribution in [1.82, 2.24) is 5.43 Å². The van der Waals surface area contributed by atoms with Crippen molar-refractivity contribution in [2.75, 3.05) is 12.3 Å². The first-order chi connectivity index (χ1) is 15.0. The molecule has 0 aliphatic carbocycles. The van der Waals surface area contributed by atoms with Crippen LogP contribution in [0.5, 0.6) is 11.5 Å². The van der Waals surface area contributed by atoms with Gasteiger partial charge >= 0.3 is 0 Å². The number of amides is 1. The Labute approximate surface area is 184 Å². The molecule has 0 aliphatic rings. The molecule has 2 aromatic carbocycles. The molecule has 0 unspecified atom stereocenters. The van der Waals surface area contributed by atoms with Crippen molar-refractivity contribution in [2.24, 2.45) is 5.10 Å². The molecule has 0 aliphatic heterocycles. The molecule has 0 saturated heterocycles. The van der Waals surface area contributed by atoms with E-state index in [0.29, 0.717) is 45.7 Å². The predicted molar refractivity (Wildman–Crippen MR) is 122 cm³/mol. The number of hydrogen-bond acceptors (Lipinski definition) is 7. The zero-order valence-electron chi connectivity index (χ0n) is 17.2. The van der Waals surface area contributed by atoms with Gasteiger partial charge < -0.3 is 15.2 Å². The summed E-state index contributed by atoms with van der Waals surface area (Å²) in [5.41, 5.74) is 10.9. The molecular weight excluding hydrogens is 412 g/mol. The highest BCUT2D eigenvalue weighted by molar-refractivity contribution is 7.18. The van der Waals surface area contributed by atoms with Crippen molar-refractivity contribution >= 4 is 28.5 Å². The highest BCUT2D eigenvalue weighted by Gasteiger charge is 2.18. The largest absolute Gasteiger partial charge is 0.490 e. The number of thiophene rings is 1. The molecular formula is C23H22N4O3S. The van der Waals surface area contributed by atoms with Crippen LogP contribution in [0.2, 0.25) is 0 Å². The van der Waals surface area contributed by atoms with Gasteiger partial charge in [0.1, 0.15) is 22.6 Å². The summed E-state index contributed by atoms with van der Waals surface area (Å²) >= 11 is 1.07. The van der Waals surface area contributed by atoms with Crippen molar-refractivity contribution in [3.8, 4) is 17.6 Å². The van der Waals surface area contributed by atoms with Crippen LogP contribution in [0, 0.1) is 18.3 Å². The van der Waals surface area contributed by atoms with E-state index in [9.17, 15) is 4.79 Å². The molecule has 1 amide bonds. The minimum Gasteiger partial charge on any atom is -0.490 e. The van der Waals surface area contributed by atoms with E-state index in [0.717, 1.165) is 22.5 Å². The molecule has 0 bridgehead atoms. The number of ether oxygens (including phenoxy) is 2. The Morgan fingerprint density at radius 1 is 1.23 bits per heavy atom. The molecule has 8 heteroatoms. The molecule has 0 spiro atoms. The molecule has 1 aromatic heterocycles. The zero-order chi connectivity index (χ0) is 22.2. The molecule has 0 saturated carbocycles. The number of nitrogens with zero attached hydrogens (tertiary/aromatic N) is 2. The average Bonchev–Trinajstić information content (AvgIpc) is 3.07. The van der Waals surface area contributed by atoms with Crippen LogP contribution in [0.3, 0.4) is 0 Å². The maximum Gasteiger partial charge on any atom is 0.281 e. The van der Waals surface area contributed by atoms with Crippen LogP contribution in [0.4, 0.5) is 5.00 Å². The summed E-state index contributed by atoms with van der Waals surface area (Å²) in [4.78, 5) is 12.7. The van der Waals surface area contributed by atoms with Crippen molar-refractivity contribution in [1.29, 1.82) is 5.26 Å². The van der Waals surface area contributed by atoms with Crippen LogP contribution < -0.4 is 20.6 Å². The fourth-order valence-electron chi connectivity index (χ4n) is 2.84. The van der Waals surface area contributed by atoms with E-state index in [4.69, 9.17) is 20.5 Å². The number of benzene rings is 2. The number of nitriles is 1. The summed E-state index contributed by atoms with van der Waals surface area (Å²) < 4.78 is 11.6. The Bertz CT molecular complexity index is 1130. The monoisotopic (exact) mass is 434 g/mol. The molecule has 7 nitrogen and oxygen atoms in total. The molecule has 158 valence electrons. The fraction of sp³-hybridized carbons (Fsp3) is 0.174. The van der Waals surface area contributed by atoms with Gasteiger partial charge in [0.05, 0.1) is 18.4 Å². The number of nitrogens with two attached hydrogens (primary N) is 1. The van der Waals surface area contributed by atoms with Gasteiger partial charge in [-0.05, 0) is 48.7 Å². The number of rotatable bonds is 8. The lowest BCUT2D eigenvalue weighted by atomic mass is 10.2. The number of carbonyl (C=O) groups is 1. The number of nitrogens with one attached hydrogen (secondary N) is 1. The number of carbonyl (C=O) groups excluding carboxylic acids is 1. The Kier molecular flexibility index (Phi) is 7.25. The lowest BCUT2D eigenvalue weighted by Crippen LogP contribution is -2.17. The average molecular weight is 435 g/mol. The smallest absolute Gasteiger partial charge is 0.281 e. The Morgan fingerprint density at radius 3 is 2.68 bits per heavy atom. The first-order valence-corrected chi connectivity index (χ1v) is 10.4. The SMILES string of the molecule is CCOc1cc(C=NNC(=O)c2sc(N)c(C#N)c2C)ccc1OCc1ccccc1. The van der Waals surface area contributed by atoms with Gasteiger partial charge in [-0.25, -0.2) is 5.43 Å². The van der Waals surface area contributed by atoms with Crippen LogP contribution in [0.15, 0.2) is 53.6 Å². The third kappa shape index (κ3) is 5.41. The summed E-state index contributed by atoms with van der Waals surface area (Å²) in [5, 5.41) is 13.4. The standard InChI is InChI=1S/C23H22N4O3S/c1-3-29-20-11-17(9-10-19(20)30-14-16-7-5-4-6-8-16)13-26-27-23(28)21-15(2)18(12-24)22(25)31-21/h4-11,13H,3,14,25H2,1-2H3,(H,27,28). The van der Waals surface area contributed by atoms with Gasteiger partial charge in [0.25, 0.3) is 5.91 Å². The number of hydrogen-bond donors (Lipinski definition) is 2. The van der Waals surface area contributed by atoms with E-state index in [1.54, 1.807) is 19.1 Å². The first-order valence-electron chi connectivity index (χ1n) is 9.59. The summed E-state index contributed by atoms with van der Waals surface area (Å²) in [7, 11) is 0. The van der Waals surface area contributed by atoms with Gasteiger partial charge in [-0.2, -0.15) is 10.4 Å². The maximum atomic E-state index is 12.4. The molecule has 1 heterocycles. The molecule has 3 aromatic rings. The zero-order valence-corrected chi connectivity index (χ0v) is 18.0. The number of nitrogen functional groups attached to an aromatic ring is 1. The Hall–Kier alpha value is -3.83. The third-order valence-electron chi connectivity index (χ3n) is 4.38. The van der Waals surface area contributed by atoms with E-state index in [-0.39, 0.29) is 0 Å². The van der Waals surface area contributed by atoms with Gasteiger partial charge in [0.15, 0.2) is 11.5 Å². The van der Waals surface area contributed by atoms with Crippen molar-refractivity contribution in [2.45, 2.75) is 20.5 Å². The summed E-state index contributed by atoms with van der Waals surface area (Å²) in [6.45, 7) is 4.50. The van der Waals surface area contributed by atoms with Crippen LogP contribution in [0.25, 0.3) is 0 Å². The second-order valence-corrected chi connectivity index (χ2v) is 7.57. The van der Waals surface area contributed by atoms with Gasteiger partial charge in [-0.15, -0.1) is 11.3 Å². The van der Waals surface area contributed by atoms with E-state index < -0.39 is 5.91 Å².